The van der Waals surface area contributed by atoms with E-state index >= 15 is 0 Å². The molecule has 1 aliphatic rings. The molecule has 2 N–H and O–H groups in total. The second-order valence-corrected chi connectivity index (χ2v) is 8.59. The summed E-state index contributed by atoms with van der Waals surface area (Å²) in [6.07, 6.45) is 1.28. The maximum atomic E-state index is 11.7. The van der Waals surface area contributed by atoms with Gasteiger partial charge in [0, 0.05) is 9.13 Å². The van der Waals surface area contributed by atoms with Crippen molar-refractivity contribution in [3.63, 3.8) is 0 Å². The molecule has 0 saturated carbocycles. The van der Waals surface area contributed by atoms with Crippen LogP contribution in [0.3, 0.4) is 0 Å². The molecule has 1 fully saturated rings. The molecule has 1 amide bonds. The second-order valence-electron chi connectivity index (χ2n) is 6.16. The summed E-state index contributed by atoms with van der Waals surface area (Å²) in [5.41, 5.74) is 1.62. The van der Waals surface area contributed by atoms with Gasteiger partial charge in [0.05, 0.1) is 19.7 Å². The van der Waals surface area contributed by atoms with E-state index < -0.39 is 11.2 Å². The van der Waals surface area contributed by atoms with E-state index in [0.717, 1.165) is 32.2 Å². The number of hydrogen-bond acceptors (Lipinski definition) is 7. The fourth-order valence-electron chi connectivity index (χ4n) is 2.58. The molecule has 8 nitrogen and oxygen atoms in total. The number of methoxy groups -OCH3 is 1. The standard InChI is InChI=1S/C20H18IN3O5S/c1-28-16-7-2-12(8-13(16)11-29-15-5-3-14(21)4-6-15)10-22-24-20-23-19(27)17(30-20)9-18(25)26/h2-8,10,17H,9,11H2,1H3,(H,25,26)(H,23,24,27). The summed E-state index contributed by atoms with van der Waals surface area (Å²) < 4.78 is 12.4. The van der Waals surface area contributed by atoms with Gasteiger partial charge in [-0.05, 0) is 70.6 Å². The number of carbonyl (C=O) groups excluding carboxylic acids is 1. The predicted molar refractivity (Wildman–Crippen MR) is 123 cm³/mol. The van der Waals surface area contributed by atoms with Crippen LogP contribution in [0.4, 0.5) is 0 Å². The fraction of sp³-hybridized carbons (Fsp3) is 0.200. The van der Waals surface area contributed by atoms with Crippen LogP contribution in [-0.2, 0) is 16.2 Å². The third-order valence-corrected chi connectivity index (χ3v) is 5.80. The number of amidine groups is 1. The molecule has 0 aliphatic carbocycles. The van der Waals surface area contributed by atoms with E-state index in [0.29, 0.717) is 12.4 Å². The summed E-state index contributed by atoms with van der Waals surface area (Å²) in [5, 5.41) is 18.9. The Morgan fingerprint density at radius 3 is 2.77 bits per heavy atom. The van der Waals surface area contributed by atoms with Crippen LogP contribution in [0, 0.1) is 3.57 Å². The lowest BCUT2D eigenvalue weighted by Gasteiger charge is -2.11. The minimum atomic E-state index is -1.04. The van der Waals surface area contributed by atoms with Crippen LogP contribution in [-0.4, -0.2) is 40.7 Å². The Balaban J connectivity index is 1.66. The molecule has 1 unspecified atom stereocenters. The zero-order valence-electron chi connectivity index (χ0n) is 15.9. The molecule has 1 aliphatic heterocycles. The first kappa shape index (κ1) is 22.1. The third kappa shape index (κ3) is 6.20. The van der Waals surface area contributed by atoms with Crippen molar-refractivity contribution >= 4 is 57.6 Å². The summed E-state index contributed by atoms with van der Waals surface area (Å²) in [7, 11) is 1.59. The summed E-state index contributed by atoms with van der Waals surface area (Å²) in [6, 6.07) is 13.3. The lowest BCUT2D eigenvalue weighted by Crippen LogP contribution is -2.26. The van der Waals surface area contributed by atoms with E-state index in [1.54, 1.807) is 7.11 Å². The van der Waals surface area contributed by atoms with E-state index in [9.17, 15) is 9.59 Å². The highest BCUT2D eigenvalue weighted by Crippen LogP contribution is 2.23. The molecule has 30 heavy (non-hydrogen) atoms. The van der Waals surface area contributed by atoms with Crippen molar-refractivity contribution in [1.82, 2.24) is 5.32 Å². The van der Waals surface area contributed by atoms with Crippen LogP contribution in [0.1, 0.15) is 17.5 Å². The molecule has 0 aromatic heterocycles. The van der Waals surface area contributed by atoms with Crippen LogP contribution in [0.15, 0.2) is 52.7 Å². The van der Waals surface area contributed by atoms with Crippen molar-refractivity contribution in [2.75, 3.05) is 7.11 Å². The molecule has 1 heterocycles. The van der Waals surface area contributed by atoms with Gasteiger partial charge in [-0.2, -0.15) is 5.10 Å². The van der Waals surface area contributed by atoms with Gasteiger partial charge >= 0.3 is 5.97 Å². The zero-order valence-corrected chi connectivity index (χ0v) is 18.8. The molecule has 1 atom stereocenters. The Hall–Kier alpha value is -2.60. The molecule has 156 valence electrons. The van der Waals surface area contributed by atoms with Crippen molar-refractivity contribution in [2.24, 2.45) is 10.2 Å². The lowest BCUT2D eigenvalue weighted by molar-refractivity contribution is -0.138. The van der Waals surface area contributed by atoms with Crippen molar-refractivity contribution < 1.29 is 24.2 Å². The van der Waals surface area contributed by atoms with Gasteiger partial charge in [-0.25, -0.2) is 0 Å². The number of benzene rings is 2. The molecular formula is C20H18IN3O5S. The van der Waals surface area contributed by atoms with Crippen LogP contribution in [0.5, 0.6) is 11.5 Å². The first-order chi connectivity index (χ1) is 14.4. The van der Waals surface area contributed by atoms with Gasteiger partial charge in [0.25, 0.3) is 0 Å². The van der Waals surface area contributed by atoms with Crippen LogP contribution >= 0.6 is 34.4 Å². The number of ether oxygens (including phenoxy) is 2. The summed E-state index contributed by atoms with van der Waals surface area (Å²) in [6.45, 7) is 0.322. The maximum Gasteiger partial charge on any atom is 0.305 e. The molecule has 0 spiro atoms. The predicted octanol–water partition coefficient (Wildman–Crippen LogP) is 3.28. The average Bonchev–Trinajstić information content (AvgIpc) is 3.06. The number of nitrogens with zero attached hydrogens (tertiary/aromatic N) is 2. The van der Waals surface area contributed by atoms with Gasteiger partial charge in [0.1, 0.15) is 23.4 Å². The molecule has 1 saturated heterocycles. The number of nitrogens with one attached hydrogen (secondary N) is 1. The van der Waals surface area contributed by atoms with E-state index in [1.807, 2.05) is 42.5 Å². The SMILES string of the molecule is COc1ccc(C=NN=C2NC(=O)C(CC(=O)O)S2)cc1COc1ccc(I)cc1. The first-order valence-electron chi connectivity index (χ1n) is 8.80. The van der Waals surface area contributed by atoms with E-state index in [2.05, 4.69) is 38.1 Å². The highest BCUT2D eigenvalue weighted by atomic mass is 127. The molecule has 3 rings (SSSR count). The minimum absolute atomic E-state index is 0.262. The maximum absolute atomic E-state index is 11.7. The molecule has 10 heteroatoms. The summed E-state index contributed by atoms with van der Waals surface area (Å²) >= 11 is 3.29. The van der Waals surface area contributed by atoms with E-state index in [-0.39, 0.29) is 17.5 Å². The van der Waals surface area contributed by atoms with E-state index in [4.69, 9.17) is 14.6 Å². The molecule has 2 aromatic carbocycles. The van der Waals surface area contributed by atoms with Crippen LogP contribution < -0.4 is 14.8 Å². The quantitative estimate of drug-likeness (QED) is 0.303. The minimum Gasteiger partial charge on any atom is -0.496 e. The summed E-state index contributed by atoms with van der Waals surface area (Å²) in [4.78, 5) is 22.5. The number of hydrogen-bond donors (Lipinski definition) is 2. The number of carbonyl (C=O) groups is 2. The van der Waals surface area contributed by atoms with Crippen molar-refractivity contribution in [3.05, 3.63) is 57.2 Å². The normalized spacial score (nSPS) is 17.3. The van der Waals surface area contributed by atoms with Gasteiger partial charge in [0.15, 0.2) is 5.17 Å². The number of halogens is 1. The average molecular weight is 539 g/mol. The number of carboxylic acids is 1. The monoisotopic (exact) mass is 539 g/mol. The fourth-order valence-corrected chi connectivity index (χ4v) is 3.85. The van der Waals surface area contributed by atoms with Gasteiger partial charge in [0.2, 0.25) is 5.91 Å². The Morgan fingerprint density at radius 2 is 2.07 bits per heavy atom. The molecular weight excluding hydrogens is 521 g/mol. The number of thioether (sulfide) groups is 1. The highest BCUT2D eigenvalue weighted by molar-refractivity contribution is 14.1. The number of aliphatic carboxylic acids is 1. The van der Waals surface area contributed by atoms with Gasteiger partial charge in [-0.15, -0.1) is 5.10 Å². The first-order valence-corrected chi connectivity index (χ1v) is 10.8. The van der Waals surface area contributed by atoms with Crippen molar-refractivity contribution in [1.29, 1.82) is 0 Å². The molecule has 2 aromatic rings. The Labute approximate surface area is 190 Å². The summed E-state index contributed by atoms with van der Waals surface area (Å²) in [5.74, 6) is 0.0356. The van der Waals surface area contributed by atoms with E-state index in [1.165, 1.54) is 6.21 Å². The largest absolute Gasteiger partial charge is 0.496 e. The van der Waals surface area contributed by atoms with Gasteiger partial charge in [-0.3, -0.25) is 9.59 Å². The lowest BCUT2D eigenvalue weighted by atomic mass is 10.1. The zero-order chi connectivity index (χ0) is 21.5. The second kappa shape index (κ2) is 10.4. The highest BCUT2D eigenvalue weighted by Gasteiger charge is 2.32. The Bertz CT molecular complexity index is 994. The third-order valence-electron chi connectivity index (χ3n) is 4.00. The van der Waals surface area contributed by atoms with Crippen LogP contribution in [0.25, 0.3) is 0 Å². The Morgan fingerprint density at radius 1 is 1.30 bits per heavy atom. The Kier molecular flexibility index (Phi) is 7.69. The molecule has 0 bridgehead atoms. The smallest absolute Gasteiger partial charge is 0.305 e. The number of rotatable bonds is 8. The van der Waals surface area contributed by atoms with Crippen molar-refractivity contribution in [3.8, 4) is 11.5 Å². The number of carboxylic acid groups (broad SMARTS) is 1. The van der Waals surface area contributed by atoms with Gasteiger partial charge in [-0.1, -0.05) is 11.8 Å². The number of amides is 1. The van der Waals surface area contributed by atoms with Crippen molar-refractivity contribution in [2.45, 2.75) is 18.3 Å². The van der Waals surface area contributed by atoms with Crippen LogP contribution in [0.2, 0.25) is 0 Å². The van der Waals surface area contributed by atoms with Gasteiger partial charge < -0.3 is 19.9 Å². The molecule has 0 radical (unpaired) electrons. The topological polar surface area (TPSA) is 110 Å².